The lowest BCUT2D eigenvalue weighted by molar-refractivity contribution is 0.122. The number of ether oxygens (including phenoxy) is 1. The number of aromatic nitrogens is 4. The molecule has 1 aliphatic heterocycles. The van der Waals surface area contributed by atoms with Gasteiger partial charge < -0.3 is 15.0 Å². The quantitative estimate of drug-likeness (QED) is 0.788. The second kappa shape index (κ2) is 6.68. The number of anilines is 2. The van der Waals surface area contributed by atoms with Crippen LogP contribution in [0.2, 0.25) is 0 Å². The van der Waals surface area contributed by atoms with Crippen LogP contribution in [0.5, 0.6) is 0 Å². The van der Waals surface area contributed by atoms with Crippen molar-refractivity contribution in [2.45, 2.75) is 13.0 Å². The number of hydrogen-bond donors (Lipinski definition) is 1. The number of nitrogens with one attached hydrogen (secondary N) is 1. The standard InChI is InChI=1S/C18H22N6O/c1-13(22-17-16-11-21-23(2)18(16)20-12-19-17)14-3-5-15(6-4-14)24-7-9-25-10-8-24/h3-6,11-13H,7-10H2,1-2H3,(H,19,20,22). The summed E-state index contributed by atoms with van der Waals surface area (Å²) in [6.45, 7) is 5.64. The predicted octanol–water partition coefficient (Wildman–Crippen LogP) is 2.37. The maximum atomic E-state index is 5.42. The van der Waals surface area contributed by atoms with Crippen LogP contribution in [-0.2, 0) is 11.8 Å². The third-order valence-electron chi connectivity index (χ3n) is 4.65. The zero-order valence-electron chi connectivity index (χ0n) is 14.5. The Bertz CT molecular complexity index is 854. The summed E-state index contributed by atoms with van der Waals surface area (Å²) in [5.41, 5.74) is 3.29. The van der Waals surface area contributed by atoms with Crippen molar-refractivity contribution in [3.8, 4) is 0 Å². The van der Waals surface area contributed by atoms with E-state index in [0.717, 1.165) is 43.2 Å². The molecule has 1 N–H and O–H groups in total. The molecule has 1 atom stereocenters. The number of aryl methyl sites for hydroxylation is 1. The number of rotatable bonds is 4. The highest BCUT2D eigenvalue weighted by Crippen LogP contribution is 2.25. The zero-order valence-corrected chi connectivity index (χ0v) is 14.5. The van der Waals surface area contributed by atoms with Gasteiger partial charge in [-0.1, -0.05) is 12.1 Å². The summed E-state index contributed by atoms with van der Waals surface area (Å²) in [7, 11) is 1.88. The van der Waals surface area contributed by atoms with Crippen LogP contribution in [0.4, 0.5) is 11.5 Å². The molecule has 7 nitrogen and oxygen atoms in total. The number of fused-ring (bicyclic) bond motifs is 1. The van der Waals surface area contributed by atoms with Crippen LogP contribution in [0.1, 0.15) is 18.5 Å². The van der Waals surface area contributed by atoms with Crippen molar-refractivity contribution in [2.75, 3.05) is 36.5 Å². The third-order valence-corrected chi connectivity index (χ3v) is 4.65. The first-order chi connectivity index (χ1) is 12.2. The minimum Gasteiger partial charge on any atom is -0.378 e. The van der Waals surface area contributed by atoms with Crippen LogP contribution < -0.4 is 10.2 Å². The fourth-order valence-electron chi connectivity index (χ4n) is 3.16. The molecule has 130 valence electrons. The number of benzene rings is 1. The van der Waals surface area contributed by atoms with E-state index in [0.29, 0.717) is 0 Å². The molecule has 3 heterocycles. The molecule has 4 rings (SSSR count). The molecule has 1 aliphatic rings. The highest BCUT2D eigenvalue weighted by Gasteiger charge is 2.14. The Balaban J connectivity index is 1.51. The van der Waals surface area contributed by atoms with Crippen LogP contribution in [-0.4, -0.2) is 46.1 Å². The van der Waals surface area contributed by atoms with E-state index < -0.39 is 0 Å². The van der Waals surface area contributed by atoms with Crippen molar-refractivity contribution < 1.29 is 4.74 Å². The summed E-state index contributed by atoms with van der Waals surface area (Å²) < 4.78 is 7.17. The minimum absolute atomic E-state index is 0.136. The molecule has 1 unspecified atom stereocenters. The molecule has 1 fully saturated rings. The lowest BCUT2D eigenvalue weighted by atomic mass is 10.1. The largest absolute Gasteiger partial charge is 0.378 e. The van der Waals surface area contributed by atoms with Gasteiger partial charge in [-0.15, -0.1) is 0 Å². The van der Waals surface area contributed by atoms with Gasteiger partial charge in [0.25, 0.3) is 0 Å². The van der Waals surface area contributed by atoms with E-state index in [4.69, 9.17) is 4.74 Å². The fraction of sp³-hybridized carbons (Fsp3) is 0.389. The van der Waals surface area contributed by atoms with E-state index >= 15 is 0 Å². The highest BCUT2D eigenvalue weighted by atomic mass is 16.5. The lowest BCUT2D eigenvalue weighted by Gasteiger charge is -2.29. The van der Waals surface area contributed by atoms with E-state index in [-0.39, 0.29) is 6.04 Å². The van der Waals surface area contributed by atoms with Crippen LogP contribution in [0.15, 0.2) is 36.8 Å². The van der Waals surface area contributed by atoms with Gasteiger partial charge in [0.15, 0.2) is 5.65 Å². The Morgan fingerprint density at radius 2 is 1.88 bits per heavy atom. The first-order valence-electron chi connectivity index (χ1n) is 8.54. The van der Waals surface area contributed by atoms with Crippen molar-refractivity contribution in [3.63, 3.8) is 0 Å². The molecule has 0 saturated carbocycles. The smallest absolute Gasteiger partial charge is 0.163 e. The van der Waals surface area contributed by atoms with Gasteiger partial charge in [0.1, 0.15) is 12.1 Å². The normalized spacial score (nSPS) is 16.2. The van der Waals surface area contributed by atoms with Crippen molar-refractivity contribution in [2.24, 2.45) is 7.05 Å². The van der Waals surface area contributed by atoms with Gasteiger partial charge in [-0.2, -0.15) is 5.10 Å². The molecule has 2 aromatic heterocycles. The summed E-state index contributed by atoms with van der Waals surface area (Å²) in [5, 5.41) is 8.67. The molecule has 0 spiro atoms. The van der Waals surface area contributed by atoms with Gasteiger partial charge >= 0.3 is 0 Å². The number of hydrogen-bond acceptors (Lipinski definition) is 6. The summed E-state index contributed by atoms with van der Waals surface area (Å²) in [5.74, 6) is 0.808. The van der Waals surface area contributed by atoms with Crippen molar-refractivity contribution >= 4 is 22.5 Å². The van der Waals surface area contributed by atoms with Crippen LogP contribution in [0, 0.1) is 0 Å². The molecule has 0 amide bonds. The van der Waals surface area contributed by atoms with E-state index in [1.807, 2.05) is 7.05 Å². The SMILES string of the molecule is CC(Nc1ncnc2c1cnn2C)c1ccc(N2CCOCC2)cc1. The Kier molecular flexibility index (Phi) is 4.23. The predicted molar refractivity (Wildman–Crippen MR) is 97.8 cm³/mol. The molecule has 0 radical (unpaired) electrons. The van der Waals surface area contributed by atoms with E-state index in [1.165, 1.54) is 11.3 Å². The molecule has 1 saturated heterocycles. The minimum atomic E-state index is 0.136. The first kappa shape index (κ1) is 15.8. The lowest BCUT2D eigenvalue weighted by Crippen LogP contribution is -2.36. The van der Waals surface area contributed by atoms with E-state index in [9.17, 15) is 0 Å². The second-order valence-electron chi connectivity index (χ2n) is 6.28. The van der Waals surface area contributed by atoms with Gasteiger partial charge in [0, 0.05) is 31.9 Å². The summed E-state index contributed by atoms with van der Waals surface area (Å²) >= 11 is 0. The molecular formula is C18H22N6O. The van der Waals surface area contributed by atoms with Crippen molar-refractivity contribution in [1.29, 1.82) is 0 Å². The molecular weight excluding hydrogens is 316 g/mol. The van der Waals surface area contributed by atoms with Crippen molar-refractivity contribution in [3.05, 3.63) is 42.4 Å². The average Bonchev–Trinajstić information content (AvgIpc) is 3.05. The van der Waals surface area contributed by atoms with Crippen molar-refractivity contribution in [1.82, 2.24) is 19.7 Å². The molecule has 7 heteroatoms. The maximum absolute atomic E-state index is 5.42. The molecule has 1 aromatic carbocycles. The Morgan fingerprint density at radius 3 is 2.64 bits per heavy atom. The first-order valence-corrected chi connectivity index (χ1v) is 8.54. The van der Waals surface area contributed by atoms with Gasteiger partial charge in [-0.25, -0.2) is 9.97 Å². The number of nitrogens with zero attached hydrogens (tertiary/aromatic N) is 5. The van der Waals surface area contributed by atoms with Crippen LogP contribution in [0.25, 0.3) is 11.0 Å². The Morgan fingerprint density at radius 1 is 1.12 bits per heavy atom. The zero-order chi connectivity index (χ0) is 17.2. The van der Waals surface area contributed by atoms with Gasteiger partial charge in [-0.3, -0.25) is 4.68 Å². The number of morpholine rings is 1. The second-order valence-corrected chi connectivity index (χ2v) is 6.28. The van der Waals surface area contributed by atoms with Crippen LogP contribution in [0.3, 0.4) is 0 Å². The van der Waals surface area contributed by atoms with Gasteiger partial charge in [-0.05, 0) is 24.6 Å². The van der Waals surface area contributed by atoms with Gasteiger partial charge in [0.05, 0.1) is 24.8 Å². The Labute approximate surface area is 146 Å². The topological polar surface area (TPSA) is 68.1 Å². The molecule has 25 heavy (non-hydrogen) atoms. The highest BCUT2D eigenvalue weighted by molar-refractivity contribution is 5.86. The van der Waals surface area contributed by atoms with E-state index in [1.54, 1.807) is 17.2 Å². The van der Waals surface area contributed by atoms with Crippen LogP contribution >= 0.6 is 0 Å². The average molecular weight is 338 g/mol. The summed E-state index contributed by atoms with van der Waals surface area (Å²) in [4.78, 5) is 11.0. The molecule has 0 aliphatic carbocycles. The fourth-order valence-corrected chi connectivity index (χ4v) is 3.16. The maximum Gasteiger partial charge on any atom is 0.163 e. The molecule has 3 aromatic rings. The van der Waals surface area contributed by atoms with E-state index in [2.05, 4.69) is 56.5 Å². The summed E-state index contributed by atoms with van der Waals surface area (Å²) in [6.07, 6.45) is 3.37. The third kappa shape index (κ3) is 3.15. The summed E-state index contributed by atoms with van der Waals surface area (Å²) in [6, 6.07) is 8.84. The monoisotopic (exact) mass is 338 g/mol. The Hall–Kier alpha value is -2.67. The van der Waals surface area contributed by atoms with Gasteiger partial charge in [0.2, 0.25) is 0 Å². The molecule has 0 bridgehead atoms.